The SMILES string of the molecule is NC(=O)C(I)I.[N-]=[N+]=[N-]. The molecule has 0 aliphatic carbocycles. The lowest BCUT2D eigenvalue weighted by molar-refractivity contribution is -0.115. The Bertz CT molecular complexity index is 118. The normalized spacial score (nSPS) is 7.00. The van der Waals surface area contributed by atoms with Crippen LogP contribution in [0.4, 0.5) is 0 Å². The van der Waals surface area contributed by atoms with Crippen molar-refractivity contribution in [3.8, 4) is 0 Å². The maximum atomic E-state index is 9.91. The Balaban J connectivity index is 0. The standard InChI is InChI=1S/C2H3I2NO.N3/c3-1(4)2(5)6;1-3-2/h1H,(H2,5,6);/q;-1. The van der Waals surface area contributed by atoms with Crippen LogP contribution in [0.2, 0.25) is 0 Å². The molecule has 0 radical (unpaired) electrons. The second-order valence-corrected chi connectivity index (χ2v) is 5.67. The van der Waals surface area contributed by atoms with E-state index in [1.807, 2.05) is 45.2 Å². The lowest BCUT2D eigenvalue weighted by Gasteiger charge is -1.86. The number of nitrogens with zero attached hydrogens (tertiary/aromatic N) is 3. The molecule has 0 rings (SSSR count). The van der Waals surface area contributed by atoms with Gasteiger partial charge in [-0.2, -0.15) is 0 Å². The van der Waals surface area contributed by atoms with Crippen LogP contribution in [0.3, 0.4) is 0 Å². The van der Waals surface area contributed by atoms with E-state index in [9.17, 15) is 4.79 Å². The number of carbonyl (C=O) groups excluding carboxylic acids is 1. The van der Waals surface area contributed by atoms with Crippen LogP contribution in [0, 0.1) is 0 Å². The first kappa shape index (κ1) is 12.0. The molecule has 0 aromatic rings. The fourth-order valence-corrected chi connectivity index (χ4v) is 0. The van der Waals surface area contributed by atoms with Gasteiger partial charge in [0.2, 0.25) is 5.91 Å². The fourth-order valence-electron chi connectivity index (χ4n) is 0. The fraction of sp³-hybridized carbons (Fsp3) is 0.500. The molecule has 0 aromatic carbocycles. The number of hydrogen-bond donors (Lipinski definition) is 1. The van der Waals surface area contributed by atoms with Crippen molar-refractivity contribution in [3.05, 3.63) is 16.0 Å². The minimum atomic E-state index is -0.267. The Morgan fingerprint density at radius 1 is 1.56 bits per heavy atom. The van der Waals surface area contributed by atoms with E-state index in [-0.39, 0.29) is 7.84 Å². The van der Waals surface area contributed by atoms with Gasteiger partial charge in [-0.1, -0.05) is 45.2 Å². The number of nitrogens with two attached hydrogens (primary N) is 1. The second-order valence-electron chi connectivity index (χ2n) is 0.793. The topological polar surface area (TPSA) is 102 Å². The molecule has 0 spiro atoms. The molecule has 0 atom stereocenters. The van der Waals surface area contributed by atoms with Gasteiger partial charge in [-0.15, -0.1) is 0 Å². The lowest BCUT2D eigenvalue weighted by atomic mass is 10.8. The first-order valence-electron chi connectivity index (χ1n) is 1.62. The van der Waals surface area contributed by atoms with Crippen molar-refractivity contribution in [2.75, 3.05) is 0 Å². The Morgan fingerprint density at radius 2 is 1.67 bits per heavy atom. The predicted molar refractivity (Wildman–Crippen MR) is 51.1 cm³/mol. The summed E-state index contributed by atoms with van der Waals surface area (Å²) in [4.78, 5) is 11.4. The summed E-state index contributed by atoms with van der Waals surface area (Å²) in [5.74, 6) is -0.267. The van der Waals surface area contributed by atoms with Gasteiger partial charge in [0, 0.05) is 0 Å². The highest BCUT2D eigenvalue weighted by atomic mass is 127. The zero-order valence-electron chi connectivity index (χ0n) is 4.16. The molecular formula is C2H3I2N4O-. The van der Waals surface area contributed by atoms with E-state index in [4.69, 9.17) is 16.8 Å². The summed E-state index contributed by atoms with van der Waals surface area (Å²) >= 11 is 3.89. The molecule has 9 heavy (non-hydrogen) atoms. The van der Waals surface area contributed by atoms with Crippen molar-refractivity contribution in [2.45, 2.75) is 1.93 Å². The Labute approximate surface area is 79.1 Å². The maximum Gasteiger partial charge on any atom is 0.240 e. The molecule has 1 amide bonds. The predicted octanol–water partition coefficient (Wildman–Crippen LogP) is 1.53. The van der Waals surface area contributed by atoms with Crippen molar-refractivity contribution in [1.29, 1.82) is 0 Å². The van der Waals surface area contributed by atoms with Gasteiger partial charge in [0.1, 0.15) is 1.93 Å². The Kier molecular flexibility index (Phi) is 11.0. The van der Waals surface area contributed by atoms with Crippen molar-refractivity contribution >= 4 is 51.1 Å². The molecule has 0 aromatic heterocycles. The Hall–Kier alpha value is 0.240. The number of alkyl halides is 2. The maximum absolute atomic E-state index is 9.91. The molecule has 0 saturated carbocycles. The monoisotopic (exact) mass is 353 g/mol. The molecular weight excluding hydrogens is 350 g/mol. The summed E-state index contributed by atoms with van der Waals surface area (Å²) in [6.07, 6.45) is 0. The van der Waals surface area contributed by atoms with Crippen LogP contribution in [0.15, 0.2) is 0 Å². The highest BCUT2D eigenvalue weighted by molar-refractivity contribution is 14.2. The van der Waals surface area contributed by atoms with Crippen molar-refractivity contribution in [2.24, 2.45) is 5.73 Å². The lowest BCUT2D eigenvalue weighted by Crippen LogP contribution is -2.16. The van der Waals surface area contributed by atoms with Gasteiger partial charge in [0.15, 0.2) is 0 Å². The summed E-state index contributed by atoms with van der Waals surface area (Å²) in [5.41, 5.74) is 18.3. The molecule has 2 N–H and O–H groups in total. The van der Waals surface area contributed by atoms with E-state index in [0.29, 0.717) is 0 Å². The van der Waals surface area contributed by atoms with E-state index < -0.39 is 0 Å². The van der Waals surface area contributed by atoms with Crippen molar-refractivity contribution in [1.82, 2.24) is 0 Å². The minimum Gasteiger partial charge on any atom is -0.373 e. The summed E-state index contributed by atoms with van der Waals surface area (Å²) < 4.78 is -0.0693. The number of amides is 1. The van der Waals surface area contributed by atoms with Gasteiger partial charge in [-0.25, -0.2) is 0 Å². The first-order chi connectivity index (χ1) is 4.06. The number of carbonyl (C=O) groups is 1. The van der Waals surface area contributed by atoms with E-state index in [1.165, 1.54) is 4.91 Å². The van der Waals surface area contributed by atoms with Crippen LogP contribution in [-0.2, 0) is 4.79 Å². The van der Waals surface area contributed by atoms with E-state index in [2.05, 4.69) is 0 Å². The molecule has 5 nitrogen and oxygen atoms in total. The zero-order valence-corrected chi connectivity index (χ0v) is 8.48. The third-order valence-corrected chi connectivity index (χ3v) is 1.44. The third kappa shape index (κ3) is 17.8. The molecule has 0 bridgehead atoms. The Morgan fingerprint density at radius 3 is 1.67 bits per heavy atom. The molecule has 0 aliphatic heterocycles. The molecule has 0 aliphatic rings. The van der Waals surface area contributed by atoms with Crippen LogP contribution >= 0.6 is 45.2 Å². The van der Waals surface area contributed by atoms with Crippen LogP contribution in [0.5, 0.6) is 0 Å². The van der Waals surface area contributed by atoms with E-state index in [0.717, 1.165) is 0 Å². The van der Waals surface area contributed by atoms with Crippen LogP contribution in [0.25, 0.3) is 16.0 Å². The number of halogens is 2. The van der Waals surface area contributed by atoms with Gasteiger partial charge in [-0.05, 0) is 0 Å². The third-order valence-electron chi connectivity index (χ3n) is 0.215. The number of rotatable bonds is 1. The van der Waals surface area contributed by atoms with Crippen LogP contribution < -0.4 is 5.73 Å². The number of primary amides is 1. The van der Waals surface area contributed by atoms with Gasteiger partial charge in [0.25, 0.3) is 0 Å². The van der Waals surface area contributed by atoms with Crippen LogP contribution in [0.1, 0.15) is 0 Å². The molecule has 0 heterocycles. The summed E-state index contributed by atoms with van der Waals surface area (Å²) in [7, 11) is 0. The first-order valence-corrected chi connectivity index (χ1v) is 4.11. The van der Waals surface area contributed by atoms with Gasteiger partial charge in [0.05, 0.1) is 0 Å². The largest absolute Gasteiger partial charge is 0.373 e. The average Bonchev–Trinajstić information content (AvgIpc) is 1.68. The second kappa shape index (κ2) is 8.24. The highest BCUT2D eigenvalue weighted by Crippen LogP contribution is 2.06. The smallest absolute Gasteiger partial charge is 0.240 e. The summed E-state index contributed by atoms with van der Waals surface area (Å²) in [6, 6.07) is 0. The number of hydrogen-bond acceptors (Lipinski definition) is 1. The molecule has 0 fully saturated rings. The van der Waals surface area contributed by atoms with Crippen molar-refractivity contribution < 1.29 is 4.79 Å². The molecule has 52 valence electrons. The zero-order chi connectivity index (χ0) is 7.86. The summed E-state index contributed by atoms with van der Waals surface area (Å²) in [5, 5.41) is 0. The minimum absolute atomic E-state index is 0.0693. The molecule has 7 heteroatoms. The molecule has 0 unspecified atom stereocenters. The quantitative estimate of drug-likeness (QED) is 0.250. The highest BCUT2D eigenvalue weighted by Gasteiger charge is 2.00. The van der Waals surface area contributed by atoms with Gasteiger partial charge >= 0.3 is 0 Å². The van der Waals surface area contributed by atoms with Gasteiger partial charge in [-0.3, -0.25) is 9.71 Å². The molecule has 0 saturated heterocycles. The van der Waals surface area contributed by atoms with Gasteiger partial charge < -0.3 is 16.8 Å². The van der Waals surface area contributed by atoms with E-state index in [1.54, 1.807) is 0 Å². The van der Waals surface area contributed by atoms with Crippen LogP contribution in [-0.4, -0.2) is 7.84 Å². The van der Waals surface area contributed by atoms with E-state index >= 15 is 0 Å². The summed E-state index contributed by atoms with van der Waals surface area (Å²) in [6.45, 7) is 0. The van der Waals surface area contributed by atoms with Crippen molar-refractivity contribution in [3.63, 3.8) is 0 Å². The average molecular weight is 353 g/mol.